The molecule has 0 amide bonds. The van der Waals surface area contributed by atoms with Crippen molar-refractivity contribution in [2.24, 2.45) is 0 Å². The van der Waals surface area contributed by atoms with E-state index in [1.54, 1.807) is 21.3 Å². The van der Waals surface area contributed by atoms with E-state index < -0.39 is 0 Å². The Morgan fingerprint density at radius 2 is 2.00 bits per heavy atom. The SMILES string of the molecule is CN[C@@H](C#N)Cc1ccc(OC)c(OC)c1. The Hall–Kier alpha value is -1.73. The smallest absolute Gasteiger partial charge is 0.160 e. The molecule has 16 heavy (non-hydrogen) atoms. The van der Waals surface area contributed by atoms with Crippen LogP contribution in [0.25, 0.3) is 0 Å². The van der Waals surface area contributed by atoms with Crippen LogP contribution in [-0.4, -0.2) is 27.3 Å². The summed E-state index contributed by atoms with van der Waals surface area (Å²) in [6, 6.07) is 7.67. The summed E-state index contributed by atoms with van der Waals surface area (Å²) in [5.74, 6) is 1.39. The number of benzene rings is 1. The van der Waals surface area contributed by atoms with Crippen LogP contribution >= 0.6 is 0 Å². The molecule has 0 aromatic heterocycles. The summed E-state index contributed by atoms with van der Waals surface area (Å²) in [6.07, 6.45) is 0.646. The quantitative estimate of drug-likeness (QED) is 0.814. The standard InChI is InChI=1S/C12H16N2O2/c1-14-10(8-13)6-9-4-5-11(15-2)12(7-9)16-3/h4-5,7,10,14H,6H2,1-3H3/t10-/m1/s1. The molecule has 4 nitrogen and oxygen atoms in total. The average molecular weight is 220 g/mol. The number of nitrogens with one attached hydrogen (secondary N) is 1. The number of rotatable bonds is 5. The van der Waals surface area contributed by atoms with Gasteiger partial charge in [0.1, 0.15) is 0 Å². The zero-order valence-electron chi connectivity index (χ0n) is 9.78. The molecule has 0 aliphatic heterocycles. The minimum Gasteiger partial charge on any atom is -0.493 e. The molecule has 0 bridgehead atoms. The van der Waals surface area contributed by atoms with Crippen molar-refractivity contribution in [2.75, 3.05) is 21.3 Å². The van der Waals surface area contributed by atoms with Crippen molar-refractivity contribution in [3.63, 3.8) is 0 Å². The van der Waals surface area contributed by atoms with Gasteiger partial charge in [-0.15, -0.1) is 0 Å². The molecule has 86 valence electrons. The summed E-state index contributed by atoms with van der Waals surface area (Å²) in [4.78, 5) is 0. The molecule has 1 aromatic rings. The second kappa shape index (κ2) is 5.99. The van der Waals surface area contributed by atoms with Crippen LogP contribution in [0.3, 0.4) is 0 Å². The minimum absolute atomic E-state index is 0.182. The Bertz CT molecular complexity index is 385. The zero-order valence-corrected chi connectivity index (χ0v) is 9.78. The first kappa shape index (κ1) is 12.3. The highest BCUT2D eigenvalue weighted by Gasteiger charge is 2.09. The molecule has 0 radical (unpaired) electrons. The minimum atomic E-state index is -0.182. The molecule has 0 spiro atoms. The Morgan fingerprint density at radius 3 is 2.50 bits per heavy atom. The van der Waals surface area contributed by atoms with Gasteiger partial charge in [-0.2, -0.15) is 5.26 Å². The van der Waals surface area contributed by atoms with Crippen molar-refractivity contribution in [3.05, 3.63) is 23.8 Å². The largest absolute Gasteiger partial charge is 0.493 e. The molecule has 0 aliphatic rings. The first-order valence-corrected chi connectivity index (χ1v) is 5.03. The molecular weight excluding hydrogens is 204 g/mol. The number of hydrogen-bond donors (Lipinski definition) is 1. The predicted octanol–water partition coefficient (Wildman–Crippen LogP) is 1.36. The van der Waals surface area contributed by atoms with Crippen molar-refractivity contribution in [1.82, 2.24) is 5.32 Å². The maximum Gasteiger partial charge on any atom is 0.160 e. The predicted molar refractivity (Wildman–Crippen MR) is 61.7 cm³/mol. The van der Waals surface area contributed by atoms with Crippen LogP contribution in [0.1, 0.15) is 5.56 Å². The molecule has 0 fully saturated rings. The van der Waals surface area contributed by atoms with Crippen LogP contribution in [0.2, 0.25) is 0 Å². The van der Waals surface area contributed by atoms with E-state index in [4.69, 9.17) is 14.7 Å². The molecular formula is C12H16N2O2. The van der Waals surface area contributed by atoms with Gasteiger partial charge in [0.15, 0.2) is 11.5 Å². The van der Waals surface area contributed by atoms with Gasteiger partial charge in [-0.05, 0) is 24.7 Å². The molecule has 0 heterocycles. The zero-order chi connectivity index (χ0) is 12.0. The van der Waals surface area contributed by atoms with Gasteiger partial charge in [0.05, 0.1) is 26.3 Å². The van der Waals surface area contributed by atoms with Gasteiger partial charge >= 0.3 is 0 Å². The van der Waals surface area contributed by atoms with Gasteiger partial charge in [-0.3, -0.25) is 0 Å². The van der Waals surface area contributed by atoms with E-state index in [1.165, 1.54) is 0 Å². The summed E-state index contributed by atoms with van der Waals surface area (Å²) in [7, 11) is 4.97. The normalized spacial score (nSPS) is 11.6. The number of nitrogens with zero attached hydrogens (tertiary/aromatic N) is 1. The monoisotopic (exact) mass is 220 g/mol. The van der Waals surface area contributed by atoms with Crippen LogP contribution < -0.4 is 14.8 Å². The first-order chi connectivity index (χ1) is 7.74. The van der Waals surface area contributed by atoms with Crippen molar-refractivity contribution in [2.45, 2.75) is 12.5 Å². The summed E-state index contributed by atoms with van der Waals surface area (Å²) >= 11 is 0. The third-order valence-electron chi connectivity index (χ3n) is 2.39. The Kier molecular flexibility index (Phi) is 4.62. The summed E-state index contributed by atoms with van der Waals surface area (Å²) < 4.78 is 10.3. The van der Waals surface area contributed by atoms with Gasteiger partial charge in [0.2, 0.25) is 0 Å². The van der Waals surface area contributed by atoms with Crippen molar-refractivity contribution < 1.29 is 9.47 Å². The fourth-order valence-electron chi connectivity index (χ4n) is 1.46. The van der Waals surface area contributed by atoms with Crippen molar-refractivity contribution in [3.8, 4) is 17.6 Å². The van der Waals surface area contributed by atoms with Crippen LogP contribution in [0.4, 0.5) is 0 Å². The summed E-state index contributed by atoms with van der Waals surface area (Å²) in [5.41, 5.74) is 1.04. The maximum atomic E-state index is 8.85. The lowest BCUT2D eigenvalue weighted by Crippen LogP contribution is -2.25. The molecule has 0 saturated carbocycles. The van der Waals surface area contributed by atoms with Crippen molar-refractivity contribution >= 4 is 0 Å². The second-order valence-corrected chi connectivity index (χ2v) is 3.36. The van der Waals surface area contributed by atoms with E-state index in [2.05, 4.69) is 11.4 Å². The lowest BCUT2D eigenvalue weighted by molar-refractivity contribution is 0.354. The molecule has 1 aromatic carbocycles. The fourth-order valence-corrected chi connectivity index (χ4v) is 1.46. The van der Waals surface area contributed by atoms with Gasteiger partial charge in [-0.1, -0.05) is 6.07 Å². The number of ether oxygens (including phenoxy) is 2. The van der Waals surface area contributed by atoms with Gasteiger partial charge in [0.25, 0.3) is 0 Å². The molecule has 1 N–H and O–H groups in total. The number of methoxy groups -OCH3 is 2. The molecule has 1 atom stereocenters. The average Bonchev–Trinajstić information content (AvgIpc) is 2.35. The van der Waals surface area contributed by atoms with E-state index in [9.17, 15) is 0 Å². The van der Waals surface area contributed by atoms with E-state index >= 15 is 0 Å². The topological polar surface area (TPSA) is 54.3 Å². The van der Waals surface area contributed by atoms with Crippen LogP contribution in [0.15, 0.2) is 18.2 Å². The Morgan fingerprint density at radius 1 is 1.31 bits per heavy atom. The number of nitriles is 1. The van der Waals surface area contributed by atoms with Gasteiger partial charge in [-0.25, -0.2) is 0 Å². The highest BCUT2D eigenvalue weighted by atomic mass is 16.5. The summed E-state index contributed by atoms with van der Waals surface area (Å²) in [6.45, 7) is 0. The van der Waals surface area contributed by atoms with E-state index in [-0.39, 0.29) is 6.04 Å². The lowest BCUT2D eigenvalue weighted by atomic mass is 10.1. The van der Waals surface area contributed by atoms with E-state index in [0.717, 1.165) is 5.56 Å². The molecule has 0 saturated heterocycles. The molecule has 1 rings (SSSR count). The highest BCUT2D eigenvalue weighted by Crippen LogP contribution is 2.27. The number of hydrogen-bond acceptors (Lipinski definition) is 4. The Labute approximate surface area is 95.8 Å². The van der Waals surface area contributed by atoms with E-state index in [0.29, 0.717) is 17.9 Å². The third kappa shape index (κ3) is 2.88. The lowest BCUT2D eigenvalue weighted by Gasteiger charge is -2.11. The fraction of sp³-hybridized carbons (Fsp3) is 0.417. The van der Waals surface area contributed by atoms with Crippen LogP contribution in [-0.2, 0) is 6.42 Å². The number of likely N-dealkylation sites (N-methyl/N-ethyl adjacent to an activating group) is 1. The summed E-state index contributed by atoms with van der Waals surface area (Å²) in [5, 5.41) is 11.8. The van der Waals surface area contributed by atoms with Crippen LogP contribution in [0, 0.1) is 11.3 Å². The molecule has 0 aliphatic carbocycles. The van der Waals surface area contributed by atoms with E-state index in [1.807, 2.05) is 18.2 Å². The van der Waals surface area contributed by atoms with Gasteiger partial charge in [0, 0.05) is 6.42 Å². The van der Waals surface area contributed by atoms with Crippen molar-refractivity contribution in [1.29, 1.82) is 5.26 Å². The van der Waals surface area contributed by atoms with Crippen LogP contribution in [0.5, 0.6) is 11.5 Å². The van der Waals surface area contributed by atoms with Gasteiger partial charge < -0.3 is 14.8 Å². The second-order valence-electron chi connectivity index (χ2n) is 3.36. The highest BCUT2D eigenvalue weighted by molar-refractivity contribution is 5.43. The Balaban J connectivity index is 2.87. The first-order valence-electron chi connectivity index (χ1n) is 5.03. The molecule has 0 unspecified atom stereocenters. The molecule has 4 heteroatoms. The maximum absolute atomic E-state index is 8.85. The third-order valence-corrected chi connectivity index (χ3v) is 2.39.